The number of hydrogen-bond donors (Lipinski definition) is 2. The van der Waals surface area contributed by atoms with Gasteiger partial charge in [-0.3, -0.25) is 9.59 Å². The summed E-state index contributed by atoms with van der Waals surface area (Å²) in [7, 11) is 0. The Morgan fingerprint density at radius 3 is 2.58 bits per heavy atom. The van der Waals surface area contributed by atoms with Gasteiger partial charge in [-0.05, 0) is 24.3 Å². The van der Waals surface area contributed by atoms with E-state index in [9.17, 15) is 27.2 Å². The maximum Gasteiger partial charge on any atom is 0.262 e. The molecular weight excluding hydrogens is 332 g/mol. The molecule has 1 aliphatic heterocycles. The van der Waals surface area contributed by atoms with Gasteiger partial charge in [-0.2, -0.15) is 0 Å². The number of fused-ring (bicyclic) bond motifs is 1. The molecule has 0 aliphatic carbocycles. The van der Waals surface area contributed by atoms with E-state index in [1.165, 1.54) is 18.2 Å². The fraction of sp³-hybridized carbons (Fsp3) is 0.0667. The lowest BCUT2D eigenvalue weighted by Crippen LogP contribution is -2.25. The molecule has 0 atom stereocenters. The van der Waals surface area contributed by atoms with Crippen LogP contribution in [0.15, 0.2) is 24.3 Å². The fourth-order valence-corrected chi connectivity index (χ4v) is 2.10. The first-order chi connectivity index (χ1) is 11.4. The van der Waals surface area contributed by atoms with Crippen LogP contribution in [0.2, 0.25) is 0 Å². The highest BCUT2D eigenvalue weighted by molar-refractivity contribution is 6.05. The van der Waals surface area contributed by atoms with Crippen molar-refractivity contribution in [2.45, 2.75) is 0 Å². The van der Waals surface area contributed by atoms with Crippen LogP contribution in [0, 0.1) is 23.3 Å². The summed E-state index contributed by atoms with van der Waals surface area (Å²) in [5.74, 6) is -8.80. The van der Waals surface area contributed by atoms with Crippen molar-refractivity contribution in [1.82, 2.24) is 0 Å². The van der Waals surface area contributed by atoms with Crippen molar-refractivity contribution in [3.05, 3.63) is 53.1 Å². The summed E-state index contributed by atoms with van der Waals surface area (Å²) in [6, 6.07) is 4.39. The topological polar surface area (TPSA) is 67.4 Å². The number of ether oxygens (including phenoxy) is 1. The molecular formula is C15H8F4N2O3. The maximum atomic E-state index is 13.6. The van der Waals surface area contributed by atoms with Crippen molar-refractivity contribution in [3.8, 4) is 5.75 Å². The summed E-state index contributed by atoms with van der Waals surface area (Å²) >= 11 is 0. The molecule has 5 nitrogen and oxygen atoms in total. The standard InChI is InChI=1S/C15H8F4N2O3/c16-8-4-7(12(17)14(19)13(8)18)15(23)20-6-1-2-10-9(3-6)21-11(22)5-24-10/h1-4H,5H2,(H,20,23)(H,21,22). The molecule has 2 aromatic carbocycles. The molecule has 0 aromatic heterocycles. The first kappa shape index (κ1) is 15.8. The summed E-state index contributed by atoms with van der Waals surface area (Å²) in [5, 5.41) is 4.69. The number of rotatable bonds is 2. The normalized spacial score (nSPS) is 12.9. The van der Waals surface area contributed by atoms with E-state index in [1.807, 2.05) is 0 Å². The van der Waals surface area contributed by atoms with Crippen LogP contribution in [0.1, 0.15) is 10.4 Å². The third-order valence-electron chi connectivity index (χ3n) is 3.22. The van der Waals surface area contributed by atoms with Gasteiger partial charge in [0.05, 0.1) is 11.3 Å². The van der Waals surface area contributed by atoms with Crippen LogP contribution in [0.5, 0.6) is 5.75 Å². The predicted octanol–water partition coefficient (Wildman–Crippen LogP) is 2.83. The number of anilines is 2. The molecule has 0 saturated heterocycles. The third-order valence-corrected chi connectivity index (χ3v) is 3.22. The predicted molar refractivity (Wildman–Crippen MR) is 74.8 cm³/mol. The highest BCUT2D eigenvalue weighted by Crippen LogP contribution is 2.30. The second kappa shape index (κ2) is 5.84. The molecule has 0 fully saturated rings. The van der Waals surface area contributed by atoms with Gasteiger partial charge in [0.15, 0.2) is 29.9 Å². The van der Waals surface area contributed by atoms with E-state index in [2.05, 4.69) is 10.6 Å². The zero-order chi connectivity index (χ0) is 17.4. The van der Waals surface area contributed by atoms with E-state index in [0.29, 0.717) is 5.75 Å². The van der Waals surface area contributed by atoms with E-state index in [0.717, 1.165) is 0 Å². The van der Waals surface area contributed by atoms with Crippen LogP contribution >= 0.6 is 0 Å². The van der Waals surface area contributed by atoms with Gasteiger partial charge in [0.2, 0.25) is 0 Å². The van der Waals surface area contributed by atoms with Crippen molar-refractivity contribution < 1.29 is 31.9 Å². The van der Waals surface area contributed by atoms with Crippen LogP contribution < -0.4 is 15.4 Å². The van der Waals surface area contributed by atoms with Gasteiger partial charge >= 0.3 is 0 Å². The highest BCUT2D eigenvalue weighted by atomic mass is 19.2. The zero-order valence-corrected chi connectivity index (χ0v) is 11.8. The molecule has 0 spiro atoms. The quantitative estimate of drug-likeness (QED) is 0.502. The van der Waals surface area contributed by atoms with Crippen molar-refractivity contribution in [2.75, 3.05) is 17.2 Å². The van der Waals surface area contributed by atoms with Gasteiger partial charge in [0.1, 0.15) is 5.75 Å². The number of carbonyl (C=O) groups is 2. The van der Waals surface area contributed by atoms with Crippen molar-refractivity contribution >= 4 is 23.2 Å². The molecule has 2 aromatic rings. The Hall–Kier alpha value is -3.10. The minimum atomic E-state index is -2.08. The van der Waals surface area contributed by atoms with Gasteiger partial charge in [0.25, 0.3) is 11.8 Å². The van der Waals surface area contributed by atoms with Crippen molar-refractivity contribution in [1.29, 1.82) is 0 Å². The Balaban J connectivity index is 1.88. The summed E-state index contributed by atoms with van der Waals surface area (Å²) in [6.45, 7) is -0.155. The number of benzene rings is 2. The third kappa shape index (κ3) is 2.75. The molecule has 24 heavy (non-hydrogen) atoms. The van der Waals surface area contributed by atoms with E-state index in [4.69, 9.17) is 4.74 Å². The molecule has 0 radical (unpaired) electrons. The lowest BCUT2D eigenvalue weighted by Gasteiger charge is -2.18. The average molecular weight is 340 g/mol. The van der Waals surface area contributed by atoms with Crippen LogP contribution in [-0.2, 0) is 4.79 Å². The smallest absolute Gasteiger partial charge is 0.262 e. The van der Waals surface area contributed by atoms with E-state index in [1.54, 1.807) is 0 Å². The lowest BCUT2D eigenvalue weighted by atomic mass is 10.1. The van der Waals surface area contributed by atoms with Crippen LogP contribution in [0.3, 0.4) is 0 Å². The van der Waals surface area contributed by atoms with Gasteiger partial charge in [-0.25, -0.2) is 17.6 Å². The van der Waals surface area contributed by atoms with E-state index in [-0.39, 0.29) is 24.0 Å². The highest BCUT2D eigenvalue weighted by Gasteiger charge is 2.23. The van der Waals surface area contributed by atoms with Gasteiger partial charge in [0, 0.05) is 5.69 Å². The average Bonchev–Trinajstić information content (AvgIpc) is 2.55. The number of amides is 2. The Kier molecular flexibility index (Phi) is 3.84. The first-order valence-electron chi connectivity index (χ1n) is 6.58. The van der Waals surface area contributed by atoms with Crippen molar-refractivity contribution in [3.63, 3.8) is 0 Å². The molecule has 0 unspecified atom stereocenters. The molecule has 3 rings (SSSR count). The van der Waals surface area contributed by atoms with E-state index >= 15 is 0 Å². The molecule has 0 bridgehead atoms. The Morgan fingerprint density at radius 2 is 1.83 bits per heavy atom. The Labute approximate surface area is 132 Å². The van der Waals surface area contributed by atoms with Crippen molar-refractivity contribution in [2.24, 2.45) is 0 Å². The molecule has 2 N–H and O–H groups in total. The van der Waals surface area contributed by atoms with E-state index < -0.39 is 40.6 Å². The summed E-state index contributed by atoms with van der Waals surface area (Å²) in [6.07, 6.45) is 0. The number of halogens is 4. The molecule has 0 saturated carbocycles. The monoisotopic (exact) mass is 340 g/mol. The first-order valence-corrected chi connectivity index (χ1v) is 6.58. The van der Waals surface area contributed by atoms with Crippen LogP contribution in [0.25, 0.3) is 0 Å². The molecule has 1 heterocycles. The summed E-state index contributed by atoms with van der Waals surface area (Å²) in [5.41, 5.74) is -0.625. The minimum Gasteiger partial charge on any atom is -0.482 e. The SMILES string of the molecule is O=C1COc2ccc(NC(=O)c3cc(F)c(F)c(F)c3F)cc2N1. The molecule has 9 heteroatoms. The van der Waals surface area contributed by atoms with Crippen LogP contribution in [0.4, 0.5) is 28.9 Å². The van der Waals surface area contributed by atoms with Gasteiger partial charge < -0.3 is 15.4 Å². The maximum absolute atomic E-state index is 13.6. The molecule has 1 aliphatic rings. The number of carbonyl (C=O) groups excluding carboxylic acids is 2. The Bertz CT molecular complexity index is 870. The largest absolute Gasteiger partial charge is 0.482 e. The second-order valence-corrected chi connectivity index (χ2v) is 4.85. The second-order valence-electron chi connectivity index (χ2n) is 4.85. The summed E-state index contributed by atoms with van der Waals surface area (Å²) in [4.78, 5) is 23.2. The fourth-order valence-electron chi connectivity index (χ4n) is 2.10. The minimum absolute atomic E-state index is 0.106. The van der Waals surface area contributed by atoms with Gasteiger partial charge in [-0.15, -0.1) is 0 Å². The Morgan fingerprint density at radius 1 is 1.08 bits per heavy atom. The molecule has 124 valence electrons. The van der Waals surface area contributed by atoms with Crippen LogP contribution in [-0.4, -0.2) is 18.4 Å². The number of nitrogens with one attached hydrogen (secondary N) is 2. The number of hydrogen-bond acceptors (Lipinski definition) is 3. The zero-order valence-electron chi connectivity index (χ0n) is 11.8. The van der Waals surface area contributed by atoms with Gasteiger partial charge in [-0.1, -0.05) is 0 Å². The lowest BCUT2D eigenvalue weighted by molar-refractivity contribution is -0.118. The molecule has 2 amide bonds. The summed E-state index contributed by atoms with van der Waals surface area (Å²) < 4.78 is 58.0.